The van der Waals surface area contributed by atoms with Gasteiger partial charge in [0, 0.05) is 24.7 Å². The highest BCUT2D eigenvalue weighted by molar-refractivity contribution is 5.79. The van der Waals surface area contributed by atoms with Crippen molar-refractivity contribution >= 4 is 5.91 Å². The molecule has 4 heterocycles. The van der Waals surface area contributed by atoms with E-state index in [0.717, 1.165) is 43.8 Å². The number of hydrogen-bond donors (Lipinski definition) is 2. The van der Waals surface area contributed by atoms with E-state index in [1.54, 1.807) is 21.0 Å². The fourth-order valence-corrected chi connectivity index (χ4v) is 4.67. The summed E-state index contributed by atoms with van der Waals surface area (Å²) in [4.78, 5) is 15.3. The number of ether oxygens (including phenoxy) is 1. The molecule has 3 aliphatic heterocycles. The molecule has 4 unspecified atom stereocenters. The molecule has 0 spiro atoms. The fourth-order valence-electron chi connectivity index (χ4n) is 4.67. The van der Waals surface area contributed by atoms with Crippen LogP contribution in [0.25, 0.3) is 0 Å². The van der Waals surface area contributed by atoms with Gasteiger partial charge in [0.25, 0.3) is 0 Å². The van der Waals surface area contributed by atoms with Crippen molar-refractivity contribution < 1.29 is 14.6 Å². The first-order valence-corrected chi connectivity index (χ1v) is 10.6. The lowest BCUT2D eigenvalue weighted by Crippen LogP contribution is -2.58. The zero-order chi connectivity index (χ0) is 21.3. The van der Waals surface area contributed by atoms with Gasteiger partial charge in [-0.1, -0.05) is 23.4 Å². The van der Waals surface area contributed by atoms with Crippen molar-refractivity contribution in [3.63, 3.8) is 0 Å². The van der Waals surface area contributed by atoms with Crippen molar-refractivity contribution in [1.82, 2.24) is 25.2 Å². The third-order valence-electron chi connectivity index (χ3n) is 6.42. The molecular weight excluding hydrogens is 382 g/mol. The summed E-state index contributed by atoms with van der Waals surface area (Å²) in [6.07, 6.45) is 3.85. The van der Waals surface area contributed by atoms with Gasteiger partial charge in [-0.15, -0.1) is 5.10 Å². The maximum absolute atomic E-state index is 12.9. The normalized spacial score (nSPS) is 25.9. The molecule has 0 saturated carbocycles. The highest BCUT2D eigenvalue weighted by atomic mass is 16.5. The second kappa shape index (κ2) is 8.35. The van der Waals surface area contributed by atoms with Crippen molar-refractivity contribution in [2.45, 2.75) is 51.4 Å². The van der Waals surface area contributed by atoms with E-state index in [1.165, 1.54) is 0 Å². The number of methoxy groups -OCH3 is 1. The number of nitrogens with zero attached hydrogens (tertiary/aromatic N) is 4. The molecular formula is C22H31N5O3. The number of piperidine rings is 3. The standard InChI is InChI=1S/C22H31N5O3/c1-22(2,29)20-14-27(25-24-20)12-17-10-15-8-9-26(17)13-18(15)21(28)23-11-16-6-4-5-7-19(16)30-3/h4-7,14-15,17-18,29H,8-13H2,1-3H3,(H,23,28). The largest absolute Gasteiger partial charge is 0.496 e. The lowest BCUT2D eigenvalue weighted by Gasteiger charge is -2.49. The second-order valence-electron chi connectivity index (χ2n) is 8.95. The van der Waals surface area contributed by atoms with E-state index in [4.69, 9.17) is 4.74 Å². The topological polar surface area (TPSA) is 92.5 Å². The molecule has 2 aromatic rings. The summed E-state index contributed by atoms with van der Waals surface area (Å²) in [5.41, 5.74) is 0.572. The first kappa shape index (κ1) is 20.8. The number of benzene rings is 1. The molecule has 0 radical (unpaired) electrons. The lowest BCUT2D eigenvalue weighted by atomic mass is 9.75. The average molecular weight is 414 g/mol. The molecule has 0 aliphatic carbocycles. The van der Waals surface area contributed by atoms with Crippen LogP contribution >= 0.6 is 0 Å². The van der Waals surface area contributed by atoms with Crippen molar-refractivity contribution in [1.29, 1.82) is 0 Å². The fraction of sp³-hybridized carbons (Fsp3) is 0.591. The molecule has 2 N–H and O–H groups in total. The van der Waals surface area contributed by atoms with E-state index < -0.39 is 5.60 Å². The zero-order valence-corrected chi connectivity index (χ0v) is 17.9. The molecule has 8 nitrogen and oxygen atoms in total. The monoisotopic (exact) mass is 413 g/mol. The van der Waals surface area contributed by atoms with Gasteiger partial charge in [-0.2, -0.15) is 0 Å². The first-order chi connectivity index (χ1) is 14.3. The van der Waals surface area contributed by atoms with Crippen LogP contribution in [0.3, 0.4) is 0 Å². The Kier molecular flexibility index (Phi) is 5.79. The lowest BCUT2D eigenvalue weighted by molar-refractivity contribution is -0.133. The number of rotatable bonds is 7. The van der Waals surface area contributed by atoms with Gasteiger partial charge in [0.2, 0.25) is 5.91 Å². The molecule has 1 amide bonds. The van der Waals surface area contributed by atoms with E-state index in [-0.39, 0.29) is 11.8 Å². The molecule has 3 aliphatic rings. The Hall–Kier alpha value is -2.45. The Morgan fingerprint density at radius 1 is 1.37 bits per heavy atom. The van der Waals surface area contributed by atoms with Gasteiger partial charge >= 0.3 is 0 Å². The van der Waals surface area contributed by atoms with Gasteiger partial charge in [0.15, 0.2) is 0 Å². The molecule has 1 aromatic carbocycles. The SMILES string of the molecule is COc1ccccc1CNC(=O)C1CN2CCC1CC2Cn1cc(C(C)(C)O)nn1. The number of carbonyl (C=O) groups is 1. The molecule has 162 valence electrons. The molecule has 2 bridgehead atoms. The van der Waals surface area contributed by atoms with E-state index in [1.807, 2.05) is 35.1 Å². The van der Waals surface area contributed by atoms with Gasteiger partial charge in [-0.05, 0) is 45.2 Å². The van der Waals surface area contributed by atoms with Gasteiger partial charge in [0.05, 0.1) is 25.8 Å². The molecule has 8 heteroatoms. The Morgan fingerprint density at radius 3 is 2.83 bits per heavy atom. The summed E-state index contributed by atoms with van der Waals surface area (Å²) < 4.78 is 7.19. The Bertz CT molecular complexity index is 891. The number of para-hydroxylation sites is 1. The molecule has 3 saturated heterocycles. The minimum atomic E-state index is -0.991. The van der Waals surface area contributed by atoms with Crippen LogP contribution in [0.5, 0.6) is 5.75 Å². The van der Waals surface area contributed by atoms with Gasteiger partial charge in [-0.25, -0.2) is 0 Å². The minimum absolute atomic E-state index is 0.0207. The maximum atomic E-state index is 12.9. The number of fused-ring (bicyclic) bond motifs is 3. The van der Waals surface area contributed by atoms with Crippen LogP contribution < -0.4 is 10.1 Å². The van der Waals surface area contributed by atoms with Gasteiger partial charge < -0.3 is 15.2 Å². The summed E-state index contributed by atoms with van der Waals surface area (Å²) in [5, 5.41) is 21.5. The first-order valence-electron chi connectivity index (χ1n) is 10.6. The molecule has 3 fully saturated rings. The van der Waals surface area contributed by atoms with Crippen LogP contribution in [0.15, 0.2) is 30.5 Å². The molecule has 1 aromatic heterocycles. The van der Waals surface area contributed by atoms with Crippen molar-refractivity contribution in [2.24, 2.45) is 11.8 Å². The Labute approximate surface area is 177 Å². The van der Waals surface area contributed by atoms with Crippen LogP contribution in [0.2, 0.25) is 0 Å². The van der Waals surface area contributed by atoms with E-state index in [0.29, 0.717) is 24.2 Å². The van der Waals surface area contributed by atoms with Crippen LogP contribution in [-0.4, -0.2) is 57.1 Å². The summed E-state index contributed by atoms with van der Waals surface area (Å²) in [6, 6.07) is 8.12. The van der Waals surface area contributed by atoms with E-state index in [9.17, 15) is 9.90 Å². The van der Waals surface area contributed by atoms with Gasteiger partial charge in [0.1, 0.15) is 17.0 Å². The number of nitrogens with one attached hydrogen (secondary N) is 1. The molecule has 30 heavy (non-hydrogen) atoms. The van der Waals surface area contributed by atoms with E-state index >= 15 is 0 Å². The number of carbonyl (C=O) groups excluding carboxylic acids is 1. The molecule has 5 rings (SSSR count). The van der Waals surface area contributed by atoms with Crippen LogP contribution in [-0.2, 0) is 23.5 Å². The Morgan fingerprint density at radius 2 is 2.17 bits per heavy atom. The molecule has 4 atom stereocenters. The van der Waals surface area contributed by atoms with E-state index in [2.05, 4.69) is 20.5 Å². The summed E-state index contributed by atoms with van der Waals surface area (Å²) in [7, 11) is 1.65. The average Bonchev–Trinajstić information content (AvgIpc) is 3.22. The summed E-state index contributed by atoms with van der Waals surface area (Å²) >= 11 is 0. The minimum Gasteiger partial charge on any atom is -0.496 e. The Balaban J connectivity index is 1.34. The number of aromatic nitrogens is 3. The quantitative estimate of drug-likeness (QED) is 0.715. The zero-order valence-electron chi connectivity index (χ0n) is 17.9. The van der Waals surface area contributed by atoms with Crippen molar-refractivity contribution in [3.05, 3.63) is 41.7 Å². The number of hydrogen-bond acceptors (Lipinski definition) is 6. The summed E-state index contributed by atoms with van der Waals surface area (Å²) in [6.45, 7) is 6.42. The van der Waals surface area contributed by atoms with Crippen LogP contribution in [0, 0.1) is 11.8 Å². The second-order valence-corrected chi connectivity index (χ2v) is 8.95. The smallest absolute Gasteiger partial charge is 0.224 e. The third kappa shape index (κ3) is 4.34. The predicted molar refractivity (Wildman–Crippen MR) is 112 cm³/mol. The highest BCUT2D eigenvalue weighted by Gasteiger charge is 2.43. The summed E-state index contributed by atoms with van der Waals surface area (Å²) in [5.74, 6) is 1.33. The predicted octanol–water partition coefficient (Wildman–Crippen LogP) is 1.54. The third-order valence-corrected chi connectivity index (χ3v) is 6.42. The van der Waals surface area contributed by atoms with Crippen molar-refractivity contribution in [2.75, 3.05) is 20.2 Å². The van der Waals surface area contributed by atoms with Crippen molar-refractivity contribution in [3.8, 4) is 5.75 Å². The van der Waals surface area contributed by atoms with Crippen LogP contribution in [0.1, 0.15) is 37.9 Å². The number of aliphatic hydroxyl groups is 1. The maximum Gasteiger partial charge on any atom is 0.224 e. The van der Waals surface area contributed by atoms with Gasteiger partial charge in [-0.3, -0.25) is 14.4 Å². The number of amides is 1. The van der Waals surface area contributed by atoms with Crippen LogP contribution in [0.4, 0.5) is 0 Å². The highest BCUT2D eigenvalue weighted by Crippen LogP contribution is 2.37.